The molecule has 0 aliphatic carbocycles. The number of H-pyrrole nitrogens is 1. The minimum Gasteiger partial charge on any atom is -0.497 e. The third-order valence-electron chi connectivity index (χ3n) is 3.64. The van der Waals surface area contributed by atoms with Crippen LogP contribution in [0.5, 0.6) is 5.75 Å². The van der Waals surface area contributed by atoms with Crippen LogP contribution in [-0.4, -0.2) is 18.6 Å². The van der Waals surface area contributed by atoms with Crippen LogP contribution in [-0.2, 0) is 5.41 Å². The summed E-state index contributed by atoms with van der Waals surface area (Å²) in [7, 11) is 1.69. The zero-order chi connectivity index (χ0) is 13.3. The Labute approximate surface area is 108 Å². The fraction of sp³-hybridized carbons (Fsp3) is 0.467. The Morgan fingerprint density at radius 3 is 2.67 bits per heavy atom. The monoisotopic (exact) mass is 246 g/mol. The molecular formula is C15H22N2O. The molecule has 0 fully saturated rings. The summed E-state index contributed by atoms with van der Waals surface area (Å²) in [4.78, 5) is 3.45. The number of benzene rings is 1. The van der Waals surface area contributed by atoms with Gasteiger partial charge in [0.05, 0.1) is 7.11 Å². The fourth-order valence-corrected chi connectivity index (χ4v) is 2.80. The van der Waals surface area contributed by atoms with E-state index in [2.05, 4.69) is 31.8 Å². The van der Waals surface area contributed by atoms with Crippen LogP contribution >= 0.6 is 0 Å². The molecule has 3 N–H and O–H groups in total. The zero-order valence-electron chi connectivity index (χ0n) is 11.6. The number of nitrogens with two attached hydrogens (primary N) is 1. The number of fused-ring (bicyclic) bond motifs is 1. The van der Waals surface area contributed by atoms with Crippen LogP contribution in [0.2, 0.25) is 0 Å². The summed E-state index contributed by atoms with van der Waals surface area (Å²) in [6.45, 7) is 7.33. The highest BCUT2D eigenvalue weighted by atomic mass is 16.5. The van der Waals surface area contributed by atoms with E-state index in [9.17, 15) is 0 Å². The summed E-state index contributed by atoms with van der Waals surface area (Å²) in [5, 5.41) is 1.27. The molecule has 0 amide bonds. The van der Waals surface area contributed by atoms with Crippen LogP contribution in [0.4, 0.5) is 0 Å². The third kappa shape index (κ3) is 2.10. The lowest BCUT2D eigenvalue weighted by Crippen LogP contribution is -2.22. The molecular weight excluding hydrogens is 224 g/mol. The predicted molar refractivity (Wildman–Crippen MR) is 76.3 cm³/mol. The highest BCUT2D eigenvalue weighted by molar-refractivity contribution is 5.87. The number of hydrogen-bond donors (Lipinski definition) is 2. The second-order valence-corrected chi connectivity index (χ2v) is 5.46. The van der Waals surface area contributed by atoms with E-state index in [1.165, 1.54) is 16.6 Å². The average molecular weight is 246 g/mol. The first-order chi connectivity index (χ1) is 8.49. The van der Waals surface area contributed by atoms with Gasteiger partial charge in [-0.3, -0.25) is 0 Å². The normalized spacial score (nSPS) is 12.1. The smallest absolute Gasteiger partial charge is 0.120 e. The summed E-state index contributed by atoms with van der Waals surface area (Å²) in [5.41, 5.74) is 9.54. The van der Waals surface area contributed by atoms with Gasteiger partial charge in [-0.25, -0.2) is 0 Å². The van der Waals surface area contributed by atoms with E-state index in [-0.39, 0.29) is 5.41 Å². The van der Waals surface area contributed by atoms with E-state index < -0.39 is 0 Å². The molecule has 0 aliphatic heterocycles. The number of hydrogen-bond acceptors (Lipinski definition) is 2. The minimum absolute atomic E-state index is 0.0890. The van der Waals surface area contributed by atoms with Gasteiger partial charge >= 0.3 is 0 Å². The maximum absolute atomic E-state index is 5.73. The van der Waals surface area contributed by atoms with Gasteiger partial charge in [-0.1, -0.05) is 13.8 Å². The number of aromatic amines is 1. The quantitative estimate of drug-likeness (QED) is 0.871. The van der Waals surface area contributed by atoms with E-state index in [1.807, 2.05) is 12.1 Å². The molecule has 0 aliphatic rings. The maximum Gasteiger partial charge on any atom is 0.120 e. The molecule has 0 radical (unpaired) electrons. The molecule has 1 heterocycles. The average Bonchev–Trinajstić information content (AvgIpc) is 2.64. The second-order valence-electron chi connectivity index (χ2n) is 5.46. The molecule has 1 aromatic heterocycles. The van der Waals surface area contributed by atoms with Crippen molar-refractivity contribution in [3.05, 3.63) is 29.5 Å². The van der Waals surface area contributed by atoms with Crippen molar-refractivity contribution in [2.45, 2.75) is 32.6 Å². The molecule has 2 rings (SSSR count). The Hall–Kier alpha value is -1.48. The lowest BCUT2D eigenvalue weighted by molar-refractivity contribution is 0.415. The lowest BCUT2D eigenvalue weighted by atomic mass is 9.80. The van der Waals surface area contributed by atoms with Crippen molar-refractivity contribution in [1.82, 2.24) is 4.98 Å². The van der Waals surface area contributed by atoms with Gasteiger partial charge in [0.25, 0.3) is 0 Å². The molecule has 0 spiro atoms. The third-order valence-corrected chi connectivity index (χ3v) is 3.64. The van der Waals surface area contributed by atoms with Crippen molar-refractivity contribution in [2.24, 2.45) is 5.73 Å². The van der Waals surface area contributed by atoms with E-state index >= 15 is 0 Å². The van der Waals surface area contributed by atoms with Gasteiger partial charge in [0.15, 0.2) is 0 Å². The maximum atomic E-state index is 5.73. The highest BCUT2D eigenvalue weighted by Gasteiger charge is 2.25. The minimum atomic E-state index is 0.0890. The standard InChI is InChI=1S/C15H22N2O/c1-10-14(15(2,3)7-8-16)12-6-5-11(18-4)9-13(12)17-10/h5-6,9,17H,7-8,16H2,1-4H3. The molecule has 0 saturated carbocycles. The van der Waals surface area contributed by atoms with Crippen LogP contribution in [0.25, 0.3) is 10.9 Å². The largest absolute Gasteiger partial charge is 0.497 e. The Morgan fingerprint density at radius 2 is 2.06 bits per heavy atom. The van der Waals surface area contributed by atoms with Crippen LogP contribution in [0.3, 0.4) is 0 Å². The summed E-state index contributed by atoms with van der Waals surface area (Å²) in [6, 6.07) is 6.19. The summed E-state index contributed by atoms with van der Waals surface area (Å²) >= 11 is 0. The molecule has 2 aromatic rings. The molecule has 0 saturated heterocycles. The van der Waals surface area contributed by atoms with Gasteiger partial charge in [0.1, 0.15) is 5.75 Å². The molecule has 1 aromatic carbocycles. The number of aryl methyl sites for hydroxylation is 1. The Morgan fingerprint density at radius 1 is 1.33 bits per heavy atom. The number of rotatable bonds is 4. The number of nitrogens with one attached hydrogen (secondary N) is 1. The summed E-state index contributed by atoms with van der Waals surface area (Å²) < 4.78 is 5.26. The van der Waals surface area contributed by atoms with Crippen molar-refractivity contribution in [3.63, 3.8) is 0 Å². The topological polar surface area (TPSA) is 51.0 Å². The van der Waals surface area contributed by atoms with Gasteiger partial charge in [-0.05, 0) is 43.0 Å². The molecule has 0 unspecified atom stereocenters. The Balaban J connectivity index is 2.61. The molecule has 3 heteroatoms. The Bertz CT molecular complexity index is 555. The van der Waals surface area contributed by atoms with Crippen LogP contribution in [0.1, 0.15) is 31.5 Å². The van der Waals surface area contributed by atoms with Crippen LogP contribution < -0.4 is 10.5 Å². The van der Waals surface area contributed by atoms with Crippen molar-refractivity contribution in [1.29, 1.82) is 0 Å². The number of aromatic nitrogens is 1. The van der Waals surface area contributed by atoms with Crippen molar-refractivity contribution >= 4 is 10.9 Å². The highest BCUT2D eigenvalue weighted by Crippen LogP contribution is 2.36. The summed E-state index contributed by atoms with van der Waals surface area (Å²) in [6.07, 6.45) is 0.979. The fourth-order valence-electron chi connectivity index (χ4n) is 2.80. The first kappa shape index (κ1) is 13.0. The van der Waals surface area contributed by atoms with Crippen LogP contribution in [0, 0.1) is 6.92 Å². The number of ether oxygens (including phenoxy) is 1. The van der Waals surface area contributed by atoms with Crippen LogP contribution in [0.15, 0.2) is 18.2 Å². The van der Waals surface area contributed by atoms with Crippen molar-refractivity contribution < 1.29 is 4.74 Å². The van der Waals surface area contributed by atoms with E-state index in [1.54, 1.807) is 7.11 Å². The van der Waals surface area contributed by atoms with Crippen molar-refractivity contribution in [3.8, 4) is 5.75 Å². The SMILES string of the molecule is COc1ccc2c(C(C)(C)CCN)c(C)[nH]c2c1. The van der Waals surface area contributed by atoms with Crippen molar-refractivity contribution in [2.75, 3.05) is 13.7 Å². The predicted octanol–water partition coefficient (Wildman–Crippen LogP) is 3.11. The molecule has 18 heavy (non-hydrogen) atoms. The van der Waals surface area contributed by atoms with E-state index in [4.69, 9.17) is 10.5 Å². The van der Waals surface area contributed by atoms with Gasteiger partial charge in [0.2, 0.25) is 0 Å². The van der Waals surface area contributed by atoms with Gasteiger partial charge in [0, 0.05) is 22.7 Å². The van der Waals surface area contributed by atoms with Gasteiger partial charge in [-0.2, -0.15) is 0 Å². The summed E-state index contributed by atoms with van der Waals surface area (Å²) in [5.74, 6) is 0.881. The van der Waals surface area contributed by atoms with E-state index in [0.29, 0.717) is 6.54 Å². The number of methoxy groups -OCH3 is 1. The lowest BCUT2D eigenvalue weighted by Gasteiger charge is -2.25. The zero-order valence-corrected chi connectivity index (χ0v) is 11.6. The van der Waals surface area contributed by atoms with Gasteiger partial charge < -0.3 is 15.5 Å². The first-order valence-corrected chi connectivity index (χ1v) is 6.36. The second kappa shape index (κ2) is 4.65. The molecule has 98 valence electrons. The first-order valence-electron chi connectivity index (χ1n) is 6.36. The van der Waals surface area contributed by atoms with Gasteiger partial charge in [-0.15, -0.1) is 0 Å². The molecule has 0 bridgehead atoms. The molecule has 3 nitrogen and oxygen atoms in total. The molecule has 0 atom stereocenters. The Kier molecular flexibility index (Phi) is 3.35. The van der Waals surface area contributed by atoms with E-state index in [0.717, 1.165) is 17.7 Å².